The predicted molar refractivity (Wildman–Crippen MR) is 107 cm³/mol. The van der Waals surface area contributed by atoms with Crippen molar-refractivity contribution in [3.63, 3.8) is 0 Å². The second kappa shape index (κ2) is 7.61. The predicted octanol–water partition coefficient (Wildman–Crippen LogP) is 6.11. The molecule has 0 unspecified atom stereocenters. The normalized spacial score (nSPS) is 11.0. The maximum Gasteiger partial charge on any atom is 0.277 e. The third-order valence-electron chi connectivity index (χ3n) is 3.77. The molecule has 0 aliphatic rings. The number of aromatic nitrogens is 3. The third kappa shape index (κ3) is 3.82. The van der Waals surface area contributed by atoms with Crippen LogP contribution in [0.4, 0.5) is 0 Å². The van der Waals surface area contributed by atoms with Gasteiger partial charge in [-0.1, -0.05) is 53.7 Å². The van der Waals surface area contributed by atoms with Gasteiger partial charge in [0, 0.05) is 27.3 Å². The first-order chi connectivity index (χ1) is 12.7. The van der Waals surface area contributed by atoms with E-state index in [1.807, 2.05) is 55.5 Å². The van der Waals surface area contributed by atoms with E-state index in [9.17, 15) is 0 Å². The second-order valence-electron chi connectivity index (χ2n) is 5.63. The molecule has 2 heterocycles. The van der Waals surface area contributed by atoms with E-state index in [0.717, 1.165) is 32.4 Å². The van der Waals surface area contributed by atoms with Crippen LogP contribution in [-0.2, 0) is 5.75 Å². The lowest BCUT2D eigenvalue weighted by molar-refractivity contribution is 0.465. The number of hydrogen-bond acceptors (Lipinski definition) is 6. The minimum absolute atomic E-state index is 0.546. The summed E-state index contributed by atoms with van der Waals surface area (Å²) in [4.78, 5) is 4.67. The summed E-state index contributed by atoms with van der Waals surface area (Å²) < 4.78 is 5.78. The van der Waals surface area contributed by atoms with E-state index < -0.39 is 0 Å². The largest absolute Gasteiger partial charge is 0.411 e. The molecule has 0 saturated heterocycles. The molecule has 0 N–H and O–H groups in total. The average Bonchev–Trinajstić information content (AvgIpc) is 3.30. The van der Waals surface area contributed by atoms with Crippen LogP contribution in [0.2, 0.25) is 5.02 Å². The van der Waals surface area contributed by atoms with Gasteiger partial charge in [0.2, 0.25) is 5.89 Å². The maximum absolute atomic E-state index is 5.93. The van der Waals surface area contributed by atoms with Gasteiger partial charge in [0.1, 0.15) is 5.01 Å². The maximum atomic E-state index is 5.93. The zero-order chi connectivity index (χ0) is 17.9. The monoisotopic (exact) mass is 399 g/mol. The molecule has 0 amide bonds. The fraction of sp³-hybridized carbons (Fsp3) is 0.105. The number of hydrogen-bond donors (Lipinski definition) is 0. The Morgan fingerprint density at radius 2 is 1.88 bits per heavy atom. The molecular formula is C19H14ClN3OS2. The van der Waals surface area contributed by atoms with Crippen LogP contribution in [0.25, 0.3) is 22.0 Å². The second-order valence-corrected chi connectivity index (χ2v) is 7.85. The molecule has 0 fully saturated rings. The Morgan fingerprint density at radius 1 is 1.08 bits per heavy atom. The molecule has 0 aliphatic heterocycles. The molecule has 0 spiro atoms. The van der Waals surface area contributed by atoms with Gasteiger partial charge in [-0.2, -0.15) is 0 Å². The SMILES string of the molecule is Cc1ccccc1-c1nnc(SCc2csc(-c3ccc(Cl)cc3)n2)o1. The first-order valence-electron chi connectivity index (χ1n) is 7.92. The number of aryl methyl sites for hydroxylation is 1. The van der Waals surface area contributed by atoms with Gasteiger partial charge >= 0.3 is 0 Å². The molecule has 7 heteroatoms. The van der Waals surface area contributed by atoms with E-state index in [1.165, 1.54) is 11.8 Å². The highest BCUT2D eigenvalue weighted by Gasteiger charge is 2.12. The smallest absolute Gasteiger partial charge is 0.277 e. The number of rotatable bonds is 5. The number of halogens is 1. The molecule has 0 aliphatic carbocycles. The highest BCUT2D eigenvalue weighted by atomic mass is 35.5. The molecule has 2 aromatic heterocycles. The van der Waals surface area contributed by atoms with Gasteiger partial charge in [0.15, 0.2) is 0 Å². The lowest BCUT2D eigenvalue weighted by atomic mass is 10.1. The van der Waals surface area contributed by atoms with Gasteiger partial charge in [-0.05, 0) is 30.7 Å². The summed E-state index contributed by atoms with van der Waals surface area (Å²) in [7, 11) is 0. The number of benzene rings is 2. The van der Waals surface area contributed by atoms with Crippen molar-refractivity contribution in [3.8, 4) is 22.0 Å². The molecule has 4 aromatic rings. The minimum Gasteiger partial charge on any atom is -0.411 e. The van der Waals surface area contributed by atoms with Gasteiger partial charge in [-0.3, -0.25) is 0 Å². The lowest BCUT2D eigenvalue weighted by Gasteiger charge is -1.98. The molecule has 4 rings (SSSR count). The Balaban J connectivity index is 1.44. The van der Waals surface area contributed by atoms with Gasteiger partial charge in [-0.25, -0.2) is 4.98 Å². The van der Waals surface area contributed by atoms with E-state index >= 15 is 0 Å². The van der Waals surface area contributed by atoms with Crippen molar-refractivity contribution in [3.05, 3.63) is 70.2 Å². The zero-order valence-corrected chi connectivity index (χ0v) is 16.2. The Labute approximate surface area is 164 Å². The van der Waals surface area contributed by atoms with Crippen molar-refractivity contribution in [2.75, 3.05) is 0 Å². The van der Waals surface area contributed by atoms with E-state index in [1.54, 1.807) is 11.3 Å². The summed E-state index contributed by atoms with van der Waals surface area (Å²) in [5.74, 6) is 1.23. The highest BCUT2D eigenvalue weighted by Crippen LogP contribution is 2.30. The Kier molecular flexibility index (Phi) is 5.06. The van der Waals surface area contributed by atoms with Crippen LogP contribution in [0.1, 0.15) is 11.3 Å². The standard InChI is InChI=1S/C19H14ClN3OS2/c1-12-4-2-3-5-16(12)17-22-23-19(24-17)26-11-15-10-25-18(21-15)13-6-8-14(20)9-7-13/h2-10H,11H2,1H3. The van der Waals surface area contributed by atoms with Gasteiger partial charge in [0.05, 0.1) is 5.69 Å². The minimum atomic E-state index is 0.546. The molecular weight excluding hydrogens is 386 g/mol. The van der Waals surface area contributed by atoms with Crippen molar-refractivity contribution in [2.24, 2.45) is 0 Å². The van der Waals surface area contributed by atoms with Gasteiger partial charge < -0.3 is 4.42 Å². The highest BCUT2D eigenvalue weighted by molar-refractivity contribution is 7.98. The molecule has 130 valence electrons. The van der Waals surface area contributed by atoms with Crippen LogP contribution in [-0.4, -0.2) is 15.2 Å². The van der Waals surface area contributed by atoms with Crippen molar-refractivity contribution in [1.29, 1.82) is 0 Å². The first kappa shape index (κ1) is 17.3. The van der Waals surface area contributed by atoms with Crippen LogP contribution in [0.3, 0.4) is 0 Å². The molecule has 26 heavy (non-hydrogen) atoms. The summed E-state index contributed by atoms with van der Waals surface area (Å²) in [6, 6.07) is 15.7. The fourth-order valence-corrected chi connectivity index (χ4v) is 4.14. The average molecular weight is 400 g/mol. The van der Waals surface area contributed by atoms with Crippen molar-refractivity contribution >= 4 is 34.7 Å². The van der Waals surface area contributed by atoms with Crippen molar-refractivity contribution in [1.82, 2.24) is 15.2 Å². The summed E-state index contributed by atoms with van der Waals surface area (Å²) in [5.41, 5.74) is 4.13. The molecule has 0 bridgehead atoms. The zero-order valence-electron chi connectivity index (χ0n) is 13.8. The molecule has 2 aromatic carbocycles. The topological polar surface area (TPSA) is 51.8 Å². The van der Waals surface area contributed by atoms with E-state index in [0.29, 0.717) is 16.9 Å². The van der Waals surface area contributed by atoms with Crippen molar-refractivity contribution in [2.45, 2.75) is 17.9 Å². The Morgan fingerprint density at radius 3 is 2.69 bits per heavy atom. The summed E-state index contributed by atoms with van der Waals surface area (Å²) in [6.45, 7) is 2.03. The number of nitrogens with zero attached hydrogens (tertiary/aromatic N) is 3. The molecule has 0 atom stereocenters. The van der Waals surface area contributed by atoms with E-state index in [2.05, 4.69) is 20.6 Å². The quantitative estimate of drug-likeness (QED) is 0.378. The Hall–Kier alpha value is -2.15. The first-order valence-corrected chi connectivity index (χ1v) is 10.2. The van der Waals surface area contributed by atoms with E-state index in [-0.39, 0.29) is 0 Å². The third-order valence-corrected chi connectivity index (χ3v) is 5.81. The fourth-order valence-electron chi connectivity index (χ4n) is 2.42. The summed E-state index contributed by atoms with van der Waals surface area (Å²) >= 11 is 9.04. The summed E-state index contributed by atoms with van der Waals surface area (Å²) in [5, 5.41) is 12.6. The molecule has 0 radical (unpaired) electrons. The Bertz CT molecular complexity index is 1030. The van der Waals surface area contributed by atoms with Gasteiger partial charge in [0.25, 0.3) is 5.22 Å². The van der Waals surface area contributed by atoms with Crippen LogP contribution in [0, 0.1) is 6.92 Å². The lowest BCUT2D eigenvalue weighted by Crippen LogP contribution is -1.82. The number of thioether (sulfide) groups is 1. The summed E-state index contributed by atoms with van der Waals surface area (Å²) in [6.07, 6.45) is 0. The van der Waals surface area contributed by atoms with Crippen LogP contribution in [0.15, 0.2) is 63.6 Å². The van der Waals surface area contributed by atoms with Crippen molar-refractivity contribution < 1.29 is 4.42 Å². The van der Waals surface area contributed by atoms with Crippen LogP contribution in [0.5, 0.6) is 0 Å². The molecule has 0 saturated carbocycles. The number of thiazole rings is 1. The van der Waals surface area contributed by atoms with E-state index in [4.69, 9.17) is 16.0 Å². The van der Waals surface area contributed by atoms with Crippen LogP contribution >= 0.6 is 34.7 Å². The molecule has 4 nitrogen and oxygen atoms in total. The van der Waals surface area contributed by atoms with Crippen LogP contribution < -0.4 is 0 Å². The van der Waals surface area contributed by atoms with Gasteiger partial charge in [-0.15, -0.1) is 21.5 Å².